The number of benzene rings is 1. The SMILES string of the molecule is Cc1nc(-c2cccc(NC(=O)C3CCCN(C(=O)c4cccs4)C3)c2)n[nH]1. The van der Waals surface area contributed by atoms with E-state index in [-0.39, 0.29) is 17.7 Å². The average Bonchev–Trinajstić information content (AvgIpc) is 3.40. The van der Waals surface area contributed by atoms with Crippen LogP contribution in [0.15, 0.2) is 41.8 Å². The molecule has 1 aliphatic heterocycles. The van der Waals surface area contributed by atoms with E-state index in [9.17, 15) is 9.59 Å². The van der Waals surface area contributed by atoms with Gasteiger partial charge in [0.05, 0.1) is 10.8 Å². The molecule has 2 amide bonds. The molecule has 144 valence electrons. The second-order valence-electron chi connectivity index (χ2n) is 6.88. The number of hydrogen-bond acceptors (Lipinski definition) is 5. The number of likely N-dealkylation sites (tertiary alicyclic amines) is 1. The number of carbonyl (C=O) groups excluding carboxylic acids is 2. The molecule has 8 heteroatoms. The monoisotopic (exact) mass is 395 g/mol. The number of aromatic amines is 1. The summed E-state index contributed by atoms with van der Waals surface area (Å²) in [5.74, 6) is 1.06. The maximum Gasteiger partial charge on any atom is 0.263 e. The Morgan fingerprint density at radius 1 is 1.29 bits per heavy atom. The summed E-state index contributed by atoms with van der Waals surface area (Å²) in [6.45, 7) is 2.98. The summed E-state index contributed by atoms with van der Waals surface area (Å²) in [5.41, 5.74) is 1.53. The number of piperidine rings is 1. The maximum absolute atomic E-state index is 12.8. The summed E-state index contributed by atoms with van der Waals surface area (Å²) in [6, 6.07) is 11.2. The van der Waals surface area contributed by atoms with Crippen molar-refractivity contribution in [3.63, 3.8) is 0 Å². The number of aromatic nitrogens is 3. The predicted molar refractivity (Wildman–Crippen MR) is 108 cm³/mol. The Hall–Kier alpha value is -3.00. The molecule has 1 fully saturated rings. The first-order chi connectivity index (χ1) is 13.6. The zero-order chi connectivity index (χ0) is 19.5. The van der Waals surface area contributed by atoms with Crippen molar-refractivity contribution in [2.24, 2.45) is 5.92 Å². The van der Waals surface area contributed by atoms with Crippen LogP contribution in [0.25, 0.3) is 11.4 Å². The van der Waals surface area contributed by atoms with Gasteiger partial charge in [-0.05, 0) is 43.3 Å². The number of nitrogens with zero attached hydrogens (tertiary/aromatic N) is 3. The smallest absolute Gasteiger partial charge is 0.263 e. The molecule has 0 radical (unpaired) electrons. The molecule has 3 aromatic rings. The van der Waals surface area contributed by atoms with Gasteiger partial charge in [0.15, 0.2) is 5.82 Å². The Balaban J connectivity index is 1.43. The number of nitrogens with one attached hydrogen (secondary N) is 2. The third kappa shape index (κ3) is 3.96. The molecule has 7 nitrogen and oxygen atoms in total. The summed E-state index contributed by atoms with van der Waals surface area (Å²) < 4.78 is 0. The van der Waals surface area contributed by atoms with Gasteiger partial charge in [-0.1, -0.05) is 18.2 Å². The largest absolute Gasteiger partial charge is 0.337 e. The molecular weight excluding hydrogens is 374 g/mol. The van der Waals surface area contributed by atoms with Crippen LogP contribution in [0, 0.1) is 12.8 Å². The Kier molecular flexibility index (Phi) is 5.21. The Labute approximate surface area is 166 Å². The number of H-pyrrole nitrogens is 1. The highest BCUT2D eigenvalue weighted by Crippen LogP contribution is 2.23. The van der Waals surface area contributed by atoms with Gasteiger partial charge in [0.1, 0.15) is 5.82 Å². The highest BCUT2D eigenvalue weighted by molar-refractivity contribution is 7.12. The quantitative estimate of drug-likeness (QED) is 0.709. The Bertz CT molecular complexity index is 982. The molecule has 0 spiro atoms. The van der Waals surface area contributed by atoms with Crippen molar-refractivity contribution in [3.05, 3.63) is 52.5 Å². The van der Waals surface area contributed by atoms with Crippen molar-refractivity contribution in [1.82, 2.24) is 20.1 Å². The maximum atomic E-state index is 12.8. The van der Waals surface area contributed by atoms with Gasteiger partial charge in [0.2, 0.25) is 5.91 Å². The van der Waals surface area contributed by atoms with Crippen molar-refractivity contribution >= 4 is 28.8 Å². The van der Waals surface area contributed by atoms with Crippen molar-refractivity contribution in [2.75, 3.05) is 18.4 Å². The van der Waals surface area contributed by atoms with Crippen LogP contribution in [0.1, 0.15) is 28.3 Å². The molecule has 1 atom stereocenters. The molecule has 0 bridgehead atoms. The lowest BCUT2D eigenvalue weighted by Crippen LogP contribution is -2.43. The molecule has 0 aliphatic carbocycles. The Morgan fingerprint density at radius 3 is 2.93 bits per heavy atom. The van der Waals surface area contributed by atoms with E-state index in [1.807, 2.05) is 48.7 Å². The van der Waals surface area contributed by atoms with Crippen LogP contribution >= 0.6 is 11.3 Å². The molecule has 1 unspecified atom stereocenters. The minimum Gasteiger partial charge on any atom is -0.337 e. The first-order valence-corrected chi connectivity index (χ1v) is 10.1. The van der Waals surface area contributed by atoms with Gasteiger partial charge in [-0.3, -0.25) is 14.7 Å². The van der Waals surface area contributed by atoms with E-state index in [0.29, 0.717) is 24.6 Å². The van der Waals surface area contributed by atoms with Gasteiger partial charge in [-0.2, -0.15) is 5.10 Å². The summed E-state index contributed by atoms with van der Waals surface area (Å²) >= 11 is 1.43. The van der Waals surface area contributed by atoms with Crippen LogP contribution in [0.5, 0.6) is 0 Å². The molecule has 28 heavy (non-hydrogen) atoms. The topological polar surface area (TPSA) is 91.0 Å². The molecule has 4 rings (SSSR count). The minimum absolute atomic E-state index is 0.00877. The zero-order valence-electron chi connectivity index (χ0n) is 15.5. The second-order valence-corrected chi connectivity index (χ2v) is 7.83. The molecule has 1 aromatic carbocycles. The second kappa shape index (κ2) is 7.93. The van der Waals surface area contributed by atoms with Crippen LogP contribution < -0.4 is 5.32 Å². The first kappa shape index (κ1) is 18.4. The normalized spacial score (nSPS) is 16.8. The standard InChI is InChI=1S/C20H21N5O2S/c1-13-21-18(24-23-13)14-5-2-7-16(11-14)22-19(26)15-6-3-9-25(12-15)20(27)17-8-4-10-28-17/h2,4-5,7-8,10-11,15H,3,6,9,12H2,1H3,(H,22,26)(H,21,23,24). The number of anilines is 1. The van der Waals surface area contributed by atoms with Gasteiger partial charge in [-0.25, -0.2) is 4.98 Å². The third-order valence-corrected chi connectivity index (χ3v) is 5.65. The van der Waals surface area contributed by atoms with Crippen LogP contribution in [-0.2, 0) is 4.79 Å². The van der Waals surface area contributed by atoms with E-state index in [0.717, 1.165) is 29.1 Å². The Morgan fingerprint density at radius 2 is 2.18 bits per heavy atom. The number of thiophene rings is 1. The highest BCUT2D eigenvalue weighted by Gasteiger charge is 2.29. The summed E-state index contributed by atoms with van der Waals surface area (Å²) in [5, 5.41) is 11.9. The number of hydrogen-bond donors (Lipinski definition) is 2. The van der Waals surface area contributed by atoms with Gasteiger partial charge in [0, 0.05) is 24.3 Å². The molecule has 2 aromatic heterocycles. The van der Waals surface area contributed by atoms with Gasteiger partial charge >= 0.3 is 0 Å². The third-order valence-electron chi connectivity index (χ3n) is 4.80. The average molecular weight is 395 g/mol. The van der Waals surface area contributed by atoms with Gasteiger partial charge in [0.25, 0.3) is 5.91 Å². The molecule has 1 saturated heterocycles. The molecule has 2 N–H and O–H groups in total. The van der Waals surface area contributed by atoms with Gasteiger partial charge < -0.3 is 10.2 Å². The van der Waals surface area contributed by atoms with Crippen molar-refractivity contribution in [1.29, 1.82) is 0 Å². The van der Waals surface area contributed by atoms with E-state index < -0.39 is 0 Å². The zero-order valence-corrected chi connectivity index (χ0v) is 16.3. The lowest BCUT2D eigenvalue weighted by molar-refractivity contribution is -0.121. The number of carbonyl (C=O) groups is 2. The van der Waals surface area contributed by atoms with Crippen molar-refractivity contribution in [2.45, 2.75) is 19.8 Å². The lowest BCUT2D eigenvalue weighted by Gasteiger charge is -2.31. The number of amides is 2. The highest BCUT2D eigenvalue weighted by atomic mass is 32.1. The molecule has 3 heterocycles. The minimum atomic E-state index is -0.216. The number of rotatable bonds is 4. The van der Waals surface area contributed by atoms with Crippen molar-refractivity contribution < 1.29 is 9.59 Å². The fourth-order valence-corrected chi connectivity index (χ4v) is 4.07. The molecular formula is C20H21N5O2S. The molecule has 1 aliphatic rings. The summed E-state index contributed by atoms with van der Waals surface area (Å²) in [4.78, 5) is 32.2. The van der Waals surface area contributed by atoms with Crippen LogP contribution in [0.3, 0.4) is 0 Å². The predicted octanol–water partition coefficient (Wildman–Crippen LogP) is 3.33. The van der Waals surface area contributed by atoms with E-state index in [4.69, 9.17) is 0 Å². The van der Waals surface area contributed by atoms with Crippen LogP contribution in [-0.4, -0.2) is 45.0 Å². The fourth-order valence-electron chi connectivity index (χ4n) is 3.38. The van der Waals surface area contributed by atoms with E-state index in [2.05, 4.69) is 20.5 Å². The van der Waals surface area contributed by atoms with Crippen molar-refractivity contribution in [3.8, 4) is 11.4 Å². The van der Waals surface area contributed by atoms with E-state index in [1.54, 1.807) is 4.90 Å². The van der Waals surface area contributed by atoms with Crippen LogP contribution in [0.4, 0.5) is 5.69 Å². The van der Waals surface area contributed by atoms with Gasteiger partial charge in [-0.15, -0.1) is 11.3 Å². The lowest BCUT2D eigenvalue weighted by atomic mass is 9.96. The first-order valence-electron chi connectivity index (χ1n) is 9.23. The van der Waals surface area contributed by atoms with E-state index >= 15 is 0 Å². The van der Waals surface area contributed by atoms with Crippen LogP contribution in [0.2, 0.25) is 0 Å². The number of aryl methyl sites for hydroxylation is 1. The fraction of sp³-hybridized carbons (Fsp3) is 0.300. The summed E-state index contributed by atoms with van der Waals surface area (Å²) in [7, 11) is 0. The summed E-state index contributed by atoms with van der Waals surface area (Å²) in [6.07, 6.45) is 1.60. The molecule has 0 saturated carbocycles. The van der Waals surface area contributed by atoms with E-state index in [1.165, 1.54) is 11.3 Å².